The Morgan fingerprint density at radius 2 is 1.76 bits per heavy atom. The van der Waals surface area contributed by atoms with Crippen LogP contribution in [0.25, 0.3) is 0 Å². The second-order valence-corrected chi connectivity index (χ2v) is 5.43. The molecule has 0 bridgehead atoms. The van der Waals surface area contributed by atoms with E-state index < -0.39 is 0 Å². The summed E-state index contributed by atoms with van der Waals surface area (Å²) in [6.07, 6.45) is 0.568. The van der Waals surface area contributed by atoms with E-state index in [9.17, 15) is 9.59 Å². The highest BCUT2D eigenvalue weighted by atomic mass is 32.2. The summed E-state index contributed by atoms with van der Waals surface area (Å²) in [5.41, 5.74) is 11.2. The number of rotatable bonds is 4. The molecule has 21 heavy (non-hydrogen) atoms. The van der Waals surface area contributed by atoms with Crippen molar-refractivity contribution < 1.29 is 9.59 Å². The van der Waals surface area contributed by atoms with Crippen molar-refractivity contribution in [2.75, 3.05) is 12.3 Å². The molecule has 2 rings (SSSR count). The third-order valence-corrected chi connectivity index (χ3v) is 3.73. The molecule has 110 valence electrons. The highest BCUT2D eigenvalue weighted by Crippen LogP contribution is 2.22. The molecular formula is C13H15N5O2S. The quantitative estimate of drug-likeness (QED) is 0.325. The van der Waals surface area contributed by atoms with Crippen molar-refractivity contribution in [2.45, 2.75) is 6.42 Å². The van der Waals surface area contributed by atoms with Crippen LogP contribution in [-0.2, 0) is 0 Å². The number of amidine groups is 1. The molecule has 7 nitrogen and oxygen atoms in total. The van der Waals surface area contributed by atoms with Crippen LogP contribution in [0.3, 0.4) is 0 Å². The lowest BCUT2D eigenvalue weighted by Crippen LogP contribution is -2.31. The smallest absolute Gasteiger partial charge is 0.261 e. The molecule has 0 unspecified atom stereocenters. The van der Waals surface area contributed by atoms with Crippen LogP contribution in [0, 0.1) is 5.41 Å². The lowest BCUT2D eigenvalue weighted by Gasteiger charge is -2.12. The van der Waals surface area contributed by atoms with E-state index >= 15 is 0 Å². The number of hydrogen-bond acceptors (Lipinski definition) is 4. The summed E-state index contributed by atoms with van der Waals surface area (Å²) in [5, 5.41) is 7.47. The minimum Gasteiger partial charge on any atom is -0.370 e. The number of nitrogens with zero attached hydrogens (tertiary/aromatic N) is 2. The summed E-state index contributed by atoms with van der Waals surface area (Å²) in [7, 11) is 0. The molecule has 1 aliphatic heterocycles. The Bertz CT molecular complexity index is 590. The van der Waals surface area contributed by atoms with Gasteiger partial charge >= 0.3 is 0 Å². The number of imide groups is 1. The third kappa shape index (κ3) is 3.40. The third-order valence-electron chi connectivity index (χ3n) is 2.87. The molecule has 8 heteroatoms. The SMILES string of the molecule is N=C(N=C(N)N)SCCCN1C(=O)c2ccccc2C1=O. The van der Waals surface area contributed by atoms with Gasteiger partial charge in [-0.3, -0.25) is 19.9 Å². The normalized spacial score (nSPS) is 13.2. The first-order valence-corrected chi connectivity index (χ1v) is 7.25. The van der Waals surface area contributed by atoms with Crippen molar-refractivity contribution in [2.24, 2.45) is 16.5 Å². The number of carbonyl (C=O) groups excluding carboxylic acids is 2. The molecule has 1 aliphatic rings. The number of fused-ring (bicyclic) bond motifs is 1. The predicted octanol–water partition coefficient (Wildman–Crippen LogP) is 0.614. The maximum Gasteiger partial charge on any atom is 0.261 e. The van der Waals surface area contributed by atoms with E-state index in [4.69, 9.17) is 16.9 Å². The van der Waals surface area contributed by atoms with Gasteiger partial charge in [-0.25, -0.2) is 0 Å². The summed E-state index contributed by atoms with van der Waals surface area (Å²) in [4.78, 5) is 29.0. The van der Waals surface area contributed by atoms with E-state index in [2.05, 4.69) is 4.99 Å². The van der Waals surface area contributed by atoms with Gasteiger partial charge in [0.05, 0.1) is 11.1 Å². The van der Waals surface area contributed by atoms with Gasteiger partial charge in [-0.15, -0.1) is 0 Å². The van der Waals surface area contributed by atoms with Gasteiger partial charge in [0, 0.05) is 12.3 Å². The fraction of sp³-hybridized carbons (Fsp3) is 0.231. The number of aliphatic imine (C=N–C) groups is 1. The molecule has 0 saturated carbocycles. The molecule has 0 spiro atoms. The van der Waals surface area contributed by atoms with Gasteiger partial charge in [-0.2, -0.15) is 4.99 Å². The van der Waals surface area contributed by atoms with Gasteiger partial charge < -0.3 is 11.5 Å². The minimum atomic E-state index is -0.264. The molecule has 1 aromatic carbocycles. The summed E-state index contributed by atoms with van der Waals surface area (Å²) in [6, 6.07) is 6.78. The van der Waals surface area contributed by atoms with Gasteiger partial charge in [-0.1, -0.05) is 23.9 Å². The first-order valence-electron chi connectivity index (χ1n) is 6.27. The zero-order valence-electron chi connectivity index (χ0n) is 11.2. The first kappa shape index (κ1) is 15.0. The maximum atomic E-state index is 12.1. The van der Waals surface area contributed by atoms with Crippen LogP contribution < -0.4 is 11.5 Å². The number of amides is 2. The number of guanidine groups is 1. The van der Waals surface area contributed by atoms with Gasteiger partial charge in [-0.05, 0) is 18.6 Å². The summed E-state index contributed by atoms with van der Waals surface area (Å²) in [5.74, 6) is -0.143. The Balaban J connectivity index is 1.86. The molecule has 0 saturated heterocycles. The zero-order valence-corrected chi connectivity index (χ0v) is 12.0. The number of benzene rings is 1. The second kappa shape index (κ2) is 6.40. The Hall–Kier alpha value is -2.35. The standard InChI is InChI=1S/C13H15N5O2S/c14-12(15)17-13(16)21-7-3-6-18-10(19)8-4-1-2-5-9(8)11(18)20/h1-2,4-5H,3,6-7H2,(H5,14,15,16,17). The molecule has 1 heterocycles. The number of carbonyl (C=O) groups is 2. The molecule has 1 aromatic rings. The molecule has 0 aromatic heterocycles. The average molecular weight is 305 g/mol. The van der Waals surface area contributed by atoms with Crippen molar-refractivity contribution in [1.29, 1.82) is 5.41 Å². The molecule has 0 fully saturated rings. The topological polar surface area (TPSA) is 126 Å². The molecule has 0 aliphatic carbocycles. The Morgan fingerprint density at radius 1 is 1.19 bits per heavy atom. The van der Waals surface area contributed by atoms with Crippen molar-refractivity contribution in [1.82, 2.24) is 4.90 Å². The zero-order chi connectivity index (χ0) is 15.4. The van der Waals surface area contributed by atoms with Gasteiger partial charge in [0.15, 0.2) is 11.1 Å². The first-order chi connectivity index (χ1) is 10.0. The van der Waals surface area contributed by atoms with Crippen LogP contribution in [0.5, 0.6) is 0 Å². The molecule has 2 amide bonds. The number of thioether (sulfide) groups is 1. The van der Waals surface area contributed by atoms with Crippen LogP contribution in [0.1, 0.15) is 27.1 Å². The van der Waals surface area contributed by atoms with Crippen molar-refractivity contribution >= 4 is 34.7 Å². The average Bonchev–Trinajstić information content (AvgIpc) is 2.68. The van der Waals surface area contributed by atoms with E-state index in [1.165, 1.54) is 4.90 Å². The van der Waals surface area contributed by atoms with Crippen molar-refractivity contribution in [3.63, 3.8) is 0 Å². The Morgan fingerprint density at radius 3 is 2.29 bits per heavy atom. The van der Waals surface area contributed by atoms with Crippen molar-refractivity contribution in [3.05, 3.63) is 35.4 Å². The van der Waals surface area contributed by atoms with Gasteiger partial charge in [0.2, 0.25) is 0 Å². The largest absolute Gasteiger partial charge is 0.370 e. The molecule has 0 radical (unpaired) electrons. The lowest BCUT2D eigenvalue weighted by molar-refractivity contribution is 0.0655. The van der Waals surface area contributed by atoms with E-state index in [0.717, 1.165) is 11.8 Å². The Kier molecular flexibility index (Phi) is 4.59. The monoisotopic (exact) mass is 305 g/mol. The van der Waals surface area contributed by atoms with Crippen LogP contribution in [0.15, 0.2) is 29.3 Å². The second-order valence-electron chi connectivity index (χ2n) is 4.35. The number of hydrogen-bond donors (Lipinski definition) is 3. The van der Waals surface area contributed by atoms with Gasteiger partial charge in [0.1, 0.15) is 0 Å². The fourth-order valence-corrected chi connectivity index (χ4v) is 2.62. The number of nitrogens with two attached hydrogens (primary N) is 2. The number of nitrogens with one attached hydrogen (secondary N) is 1. The van der Waals surface area contributed by atoms with E-state index in [1.807, 2.05) is 0 Å². The summed E-state index contributed by atoms with van der Waals surface area (Å²) < 4.78 is 0. The highest BCUT2D eigenvalue weighted by molar-refractivity contribution is 8.13. The van der Waals surface area contributed by atoms with Gasteiger partial charge in [0.25, 0.3) is 11.8 Å². The fourth-order valence-electron chi connectivity index (χ4n) is 1.98. The van der Waals surface area contributed by atoms with Crippen LogP contribution in [-0.4, -0.2) is 40.1 Å². The van der Waals surface area contributed by atoms with Crippen molar-refractivity contribution in [3.8, 4) is 0 Å². The predicted molar refractivity (Wildman–Crippen MR) is 82.4 cm³/mol. The van der Waals surface area contributed by atoms with Crippen LogP contribution in [0.2, 0.25) is 0 Å². The maximum absolute atomic E-state index is 12.1. The van der Waals surface area contributed by atoms with E-state index in [1.54, 1.807) is 24.3 Å². The van der Waals surface area contributed by atoms with Crippen LogP contribution in [0.4, 0.5) is 0 Å². The lowest BCUT2D eigenvalue weighted by atomic mass is 10.1. The molecule has 5 N–H and O–H groups in total. The van der Waals surface area contributed by atoms with E-state index in [-0.39, 0.29) is 22.9 Å². The molecular weight excluding hydrogens is 290 g/mol. The summed E-state index contributed by atoms with van der Waals surface area (Å²) in [6.45, 7) is 0.314. The summed E-state index contributed by atoms with van der Waals surface area (Å²) >= 11 is 1.16. The minimum absolute atomic E-state index is 0.0114. The van der Waals surface area contributed by atoms with Crippen LogP contribution >= 0.6 is 11.8 Å². The molecule has 0 atom stereocenters. The Labute approximate surface area is 125 Å². The van der Waals surface area contributed by atoms with E-state index in [0.29, 0.717) is 29.8 Å². The highest BCUT2D eigenvalue weighted by Gasteiger charge is 2.34.